The number of halogens is 1. The Kier molecular flexibility index (Phi) is 16.1. The molecular formula is C72H69ClN14O4. The molecule has 0 saturated carbocycles. The molecule has 0 aliphatic carbocycles. The van der Waals surface area contributed by atoms with E-state index in [9.17, 15) is 4.79 Å². The van der Waals surface area contributed by atoms with Crippen LogP contribution in [0.25, 0.3) is 110 Å². The van der Waals surface area contributed by atoms with E-state index in [1.165, 1.54) is 25.7 Å². The zero-order chi connectivity index (χ0) is 63.4. The van der Waals surface area contributed by atoms with Gasteiger partial charge in [-0.1, -0.05) is 45.8 Å². The first kappa shape index (κ1) is 59.7. The highest BCUT2D eigenvalue weighted by atomic mass is 35.5. The van der Waals surface area contributed by atoms with Gasteiger partial charge in [0.2, 0.25) is 17.2 Å². The molecule has 3 N–H and O–H groups in total. The maximum atomic E-state index is 13.2. The number of fused-ring (bicyclic) bond motifs is 3. The van der Waals surface area contributed by atoms with E-state index in [2.05, 4.69) is 105 Å². The van der Waals surface area contributed by atoms with Gasteiger partial charge >= 0.3 is 0 Å². The summed E-state index contributed by atoms with van der Waals surface area (Å²) < 4.78 is 16.3. The summed E-state index contributed by atoms with van der Waals surface area (Å²) in [4.78, 5) is 51.7. The fourth-order valence-corrected chi connectivity index (χ4v) is 13.5. The largest absolute Gasteiger partial charge is 0.361 e. The lowest BCUT2D eigenvalue weighted by Crippen LogP contribution is -2.27. The number of aromatic amines is 3. The van der Waals surface area contributed by atoms with Gasteiger partial charge in [-0.25, -0.2) is 24.6 Å². The third kappa shape index (κ3) is 11.5. The second-order valence-corrected chi connectivity index (χ2v) is 24.5. The van der Waals surface area contributed by atoms with Crippen molar-refractivity contribution >= 4 is 73.9 Å². The third-order valence-electron chi connectivity index (χ3n) is 17.9. The molecule has 6 aromatic carbocycles. The number of carbonyl (C=O) groups excluding carboxylic acids is 1. The Morgan fingerprint density at radius 2 is 0.813 bits per heavy atom. The van der Waals surface area contributed by atoms with Gasteiger partial charge in [-0.3, -0.25) is 4.79 Å². The molecule has 3 aliphatic heterocycles. The van der Waals surface area contributed by atoms with E-state index < -0.39 is 0 Å². The Labute approximate surface area is 532 Å². The van der Waals surface area contributed by atoms with Crippen LogP contribution in [-0.4, -0.2) is 95.4 Å². The molecule has 1 amide bonds. The number of anilines is 2. The van der Waals surface area contributed by atoms with Crippen LogP contribution < -0.4 is 9.80 Å². The zero-order valence-electron chi connectivity index (χ0n) is 52.6. The van der Waals surface area contributed by atoms with Crippen LogP contribution in [0.5, 0.6) is 0 Å². The third-order valence-corrected chi connectivity index (χ3v) is 18.1. The minimum Gasteiger partial charge on any atom is -0.361 e. The highest BCUT2D eigenvalue weighted by Gasteiger charge is 2.26. The smallest absolute Gasteiger partial charge is 0.253 e. The second kappa shape index (κ2) is 24.6. The molecule has 0 bridgehead atoms. The number of carbonyl (C=O) groups is 1. The molecule has 12 aromatic rings. The van der Waals surface area contributed by atoms with E-state index in [1.807, 2.05) is 108 Å². The van der Waals surface area contributed by atoms with Crippen molar-refractivity contribution in [2.45, 2.75) is 101 Å². The molecule has 6 aromatic heterocycles. The maximum Gasteiger partial charge on any atom is 0.253 e. The number of imidazole rings is 3. The standard InChI is InChI=1S/C28H31N5O2.C24H23N5O.C20H15ClN4O/c1-17-8-9-20(27(34)32-10-4-5-11-32)14-22(17)23-15-21(25-18(2)31-35-19(25)3)16-24-26(23)30-28(29-24)33-12-6-7-13-33;1-14-7-8-18(25-4)13-19(14)20-11-17(22-15(2)28-30-16(22)3)12-21-23(20)27-24(26-21)29-9-5-6-10-29;1-10-5-6-14(22-4)9-15(10)16-7-13(18-11(2)25-26-12(18)3)8-17-19(16)24-20(21)23-17/h8-9,14-16H,4-7,10-13H2,1-3H3,(H,29,30);7-8,11-13H,5-6,9-10H2,1-3H3,(H,26,27);5-9H,1-3H3,(H,23,24). The number of aryl methyl sites for hydroxylation is 9. The number of nitrogens with one attached hydrogen (secondary N) is 3. The summed E-state index contributed by atoms with van der Waals surface area (Å²) in [6, 6.07) is 30.2. The average Bonchev–Trinajstić information content (AvgIpc) is 2.02. The summed E-state index contributed by atoms with van der Waals surface area (Å²) in [6.07, 6.45) is 6.93. The summed E-state index contributed by atoms with van der Waals surface area (Å²) in [5.41, 5.74) is 25.2. The number of nitrogens with zero attached hydrogens (tertiary/aromatic N) is 11. The van der Waals surface area contributed by atoms with Crippen LogP contribution in [0.1, 0.15) is 99.9 Å². The van der Waals surface area contributed by atoms with Crippen molar-refractivity contribution in [3.8, 4) is 66.8 Å². The van der Waals surface area contributed by atoms with Crippen LogP contribution in [0.2, 0.25) is 5.28 Å². The normalized spacial score (nSPS) is 13.9. The first-order valence-electron chi connectivity index (χ1n) is 31.0. The van der Waals surface area contributed by atoms with Gasteiger partial charge in [0, 0.05) is 78.2 Å². The number of benzene rings is 6. The molecule has 15 rings (SSSR count). The SMILES string of the molecule is Cc1ccc(C(=O)N2CCCC2)cc1-c1cc(-c2c(C)noc2C)cc2[nH]c(N3CCCC3)nc12.[C-]#[N+]c1ccc(C)c(-c2cc(-c3c(C)noc3C)cc3[nH]c(Cl)nc23)c1.[C-]#[N+]c1ccc(C)c(-c2cc(-c3c(C)noc3C)cc3[nH]c(N4CCCC4)nc23)c1. The first-order valence-corrected chi connectivity index (χ1v) is 31.3. The van der Waals surface area contributed by atoms with Crippen molar-refractivity contribution in [3.63, 3.8) is 0 Å². The monoisotopic (exact) mass is 1230 g/mol. The Balaban J connectivity index is 0.000000126. The lowest BCUT2D eigenvalue weighted by atomic mass is 9.93. The molecular weight excluding hydrogens is 1160 g/mol. The molecule has 19 heteroatoms. The Morgan fingerprint density at radius 3 is 1.20 bits per heavy atom. The highest BCUT2D eigenvalue weighted by Crippen LogP contribution is 2.43. The first-order chi connectivity index (χ1) is 44.0. The lowest BCUT2D eigenvalue weighted by molar-refractivity contribution is 0.0793. The number of H-pyrrole nitrogens is 3. The van der Waals surface area contributed by atoms with E-state index in [0.29, 0.717) is 16.7 Å². The Hall–Kier alpha value is -10.3. The highest BCUT2D eigenvalue weighted by molar-refractivity contribution is 6.29. The zero-order valence-corrected chi connectivity index (χ0v) is 53.3. The molecule has 18 nitrogen and oxygen atoms in total. The fourth-order valence-electron chi connectivity index (χ4n) is 13.3. The van der Waals surface area contributed by atoms with E-state index in [-0.39, 0.29) is 5.91 Å². The summed E-state index contributed by atoms with van der Waals surface area (Å²) in [5.74, 6) is 4.28. The van der Waals surface area contributed by atoms with Gasteiger partial charge in [0.15, 0.2) is 11.4 Å². The number of aromatic nitrogens is 9. The molecule has 3 fully saturated rings. The molecule has 3 saturated heterocycles. The van der Waals surface area contributed by atoms with Gasteiger partial charge in [0.05, 0.1) is 63.3 Å². The van der Waals surface area contributed by atoms with Gasteiger partial charge in [-0.2, -0.15) is 0 Å². The molecule has 0 unspecified atom stereocenters. The van der Waals surface area contributed by atoms with E-state index >= 15 is 0 Å². The van der Waals surface area contributed by atoms with Crippen molar-refractivity contribution < 1.29 is 18.4 Å². The van der Waals surface area contributed by atoms with Crippen LogP contribution in [0.4, 0.5) is 23.3 Å². The number of hydrogen-bond acceptors (Lipinski definition) is 12. The Bertz CT molecular complexity index is 4830. The number of amides is 1. The van der Waals surface area contributed by atoms with Crippen LogP contribution in [0.15, 0.2) is 105 Å². The maximum absolute atomic E-state index is 13.2. The number of hydrogen-bond donors (Lipinski definition) is 3. The van der Waals surface area contributed by atoms with E-state index in [4.69, 9.17) is 48.3 Å². The van der Waals surface area contributed by atoms with Crippen LogP contribution in [0, 0.1) is 75.5 Å². The van der Waals surface area contributed by atoms with Gasteiger partial charge in [-0.05, 0) is 223 Å². The molecule has 0 atom stereocenters. The minimum absolute atomic E-state index is 0.113. The molecule has 91 heavy (non-hydrogen) atoms. The van der Waals surface area contributed by atoms with Gasteiger partial charge in [0.1, 0.15) is 17.3 Å². The van der Waals surface area contributed by atoms with Crippen molar-refractivity contribution in [2.75, 3.05) is 49.1 Å². The van der Waals surface area contributed by atoms with E-state index in [0.717, 1.165) is 220 Å². The predicted molar refractivity (Wildman–Crippen MR) is 359 cm³/mol. The minimum atomic E-state index is 0.113. The second-order valence-electron chi connectivity index (χ2n) is 24.1. The lowest BCUT2D eigenvalue weighted by Gasteiger charge is -2.17. The quantitative estimate of drug-likeness (QED) is 0.116. The summed E-state index contributed by atoms with van der Waals surface area (Å²) >= 11 is 6.13. The molecule has 0 spiro atoms. The number of rotatable bonds is 9. The average molecular weight is 1230 g/mol. The predicted octanol–water partition coefficient (Wildman–Crippen LogP) is 17.6. The van der Waals surface area contributed by atoms with Crippen LogP contribution in [-0.2, 0) is 0 Å². The summed E-state index contributed by atoms with van der Waals surface area (Å²) in [6.45, 7) is 38.3. The van der Waals surface area contributed by atoms with Crippen molar-refractivity contribution in [2.24, 2.45) is 0 Å². The fraction of sp³-hybridized carbons (Fsp3) is 0.292. The topological polar surface area (TPSA) is 200 Å². The molecule has 9 heterocycles. The van der Waals surface area contributed by atoms with Crippen LogP contribution in [0.3, 0.4) is 0 Å². The number of likely N-dealkylation sites (tertiary alicyclic amines) is 1. The molecule has 3 aliphatic rings. The molecule has 0 radical (unpaired) electrons. The van der Waals surface area contributed by atoms with Crippen molar-refractivity contribution in [1.82, 2.24) is 50.3 Å². The van der Waals surface area contributed by atoms with Gasteiger partial charge in [0.25, 0.3) is 5.91 Å². The van der Waals surface area contributed by atoms with Crippen molar-refractivity contribution in [3.05, 3.63) is 176 Å². The summed E-state index contributed by atoms with van der Waals surface area (Å²) in [5, 5.41) is 12.7. The summed E-state index contributed by atoms with van der Waals surface area (Å²) in [7, 11) is 0. The van der Waals surface area contributed by atoms with Gasteiger partial charge < -0.3 is 43.2 Å². The van der Waals surface area contributed by atoms with E-state index in [1.54, 1.807) is 0 Å². The van der Waals surface area contributed by atoms with Gasteiger partial charge in [-0.15, -0.1) is 0 Å². The molecule has 458 valence electrons. The van der Waals surface area contributed by atoms with Crippen LogP contribution >= 0.6 is 11.6 Å². The van der Waals surface area contributed by atoms with Crippen molar-refractivity contribution in [1.29, 1.82) is 0 Å². The Morgan fingerprint density at radius 1 is 0.451 bits per heavy atom.